The Balaban J connectivity index is 1.51. The third-order valence-electron chi connectivity index (χ3n) is 4.67. The smallest absolute Gasteiger partial charge is 0.273 e. The Morgan fingerprint density at radius 3 is 3.08 bits per heavy atom. The molecule has 1 aliphatic heterocycles. The Morgan fingerprint density at radius 2 is 2.31 bits per heavy atom. The van der Waals surface area contributed by atoms with Crippen LogP contribution in [0, 0.1) is 5.82 Å². The van der Waals surface area contributed by atoms with Gasteiger partial charge < -0.3 is 4.90 Å². The lowest BCUT2D eigenvalue weighted by Gasteiger charge is -2.24. The molecule has 134 valence electrons. The van der Waals surface area contributed by atoms with Crippen LogP contribution in [0.5, 0.6) is 0 Å². The summed E-state index contributed by atoms with van der Waals surface area (Å²) in [7, 11) is 1.85. The van der Waals surface area contributed by atoms with Crippen LogP contribution in [-0.2, 0) is 13.5 Å². The summed E-state index contributed by atoms with van der Waals surface area (Å²) < 4.78 is 15.1. The summed E-state index contributed by atoms with van der Waals surface area (Å²) in [4.78, 5) is 19.3. The first-order valence-electron chi connectivity index (χ1n) is 8.60. The zero-order chi connectivity index (χ0) is 18.1. The largest absolute Gasteiger partial charge is 0.334 e. The number of benzene rings is 1. The third kappa shape index (κ3) is 3.39. The van der Waals surface area contributed by atoms with Crippen LogP contribution in [0.2, 0.25) is 0 Å². The third-order valence-corrected chi connectivity index (χ3v) is 5.56. The zero-order valence-electron chi connectivity index (χ0n) is 14.4. The van der Waals surface area contributed by atoms with E-state index >= 15 is 0 Å². The van der Waals surface area contributed by atoms with E-state index in [0.717, 1.165) is 35.5 Å². The molecule has 3 aromatic rings. The maximum atomic E-state index is 13.4. The number of rotatable bonds is 4. The van der Waals surface area contributed by atoms with Crippen molar-refractivity contribution in [3.63, 3.8) is 0 Å². The number of hydrogen-bond acceptors (Lipinski definition) is 4. The fraction of sp³-hybridized carbons (Fsp3) is 0.316. The van der Waals surface area contributed by atoms with E-state index < -0.39 is 0 Å². The van der Waals surface area contributed by atoms with Gasteiger partial charge in [-0.15, -0.1) is 11.3 Å². The standard InChI is InChI=1S/C19H19FN4OS/c1-23-11-14(10-21-23)18-22-17(12-26-18)19(25)24-7-3-6-16(24)9-13-4-2-5-15(20)8-13/h2,4-5,8,10-12,16H,3,6-7,9H2,1H3. The predicted molar refractivity (Wildman–Crippen MR) is 98.5 cm³/mol. The van der Waals surface area contributed by atoms with Crippen molar-refractivity contribution in [2.24, 2.45) is 7.05 Å². The Morgan fingerprint density at radius 1 is 1.42 bits per heavy atom. The Bertz CT molecular complexity index is 935. The second kappa shape index (κ2) is 6.99. The summed E-state index contributed by atoms with van der Waals surface area (Å²) in [5.74, 6) is -0.283. The molecular formula is C19H19FN4OS. The molecule has 4 rings (SSSR count). The first kappa shape index (κ1) is 16.9. The molecule has 0 spiro atoms. The van der Waals surface area contributed by atoms with E-state index in [1.165, 1.54) is 17.4 Å². The van der Waals surface area contributed by atoms with Crippen LogP contribution >= 0.6 is 11.3 Å². The van der Waals surface area contributed by atoms with Crippen molar-refractivity contribution in [3.8, 4) is 10.6 Å². The van der Waals surface area contributed by atoms with Gasteiger partial charge in [0.15, 0.2) is 0 Å². The van der Waals surface area contributed by atoms with Gasteiger partial charge in [0.1, 0.15) is 16.5 Å². The molecule has 1 atom stereocenters. The van der Waals surface area contributed by atoms with Gasteiger partial charge in [-0.3, -0.25) is 9.48 Å². The topological polar surface area (TPSA) is 51.0 Å². The van der Waals surface area contributed by atoms with Gasteiger partial charge in [-0.2, -0.15) is 5.10 Å². The van der Waals surface area contributed by atoms with E-state index in [1.54, 1.807) is 23.0 Å². The van der Waals surface area contributed by atoms with E-state index in [2.05, 4.69) is 10.1 Å². The second-order valence-corrected chi connectivity index (χ2v) is 7.43. The van der Waals surface area contributed by atoms with Gasteiger partial charge in [0.05, 0.1) is 6.20 Å². The number of likely N-dealkylation sites (tertiary alicyclic amines) is 1. The van der Waals surface area contributed by atoms with Crippen LogP contribution < -0.4 is 0 Å². The molecule has 0 saturated carbocycles. The van der Waals surface area contributed by atoms with Crippen LogP contribution in [0.4, 0.5) is 4.39 Å². The number of carbonyl (C=O) groups excluding carboxylic acids is 1. The Hall–Kier alpha value is -2.54. The van der Waals surface area contributed by atoms with Crippen molar-refractivity contribution < 1.29 is 9.18 Å². The van der Waals surface area contributed by atoms with Crippen molar-refractivity contribution in [3.05, 3.63) is 59.1 Å². The number of aryl methyl sites for hydroxylation is 1. The molecule has 2 aromatic heterocycles. The van der Waals surface area contributed by atoms with Gasteiger partial charge >= 0.3 is 0 Å². The minimum absolute atomic E-state index is 0.0460. The van der Waals surface area contributed by atoms with Crippen molar-refractivity contribution in [2.75, 3.05) is 6.54 Å². The van der Waals surface area contributed by atoms with Crippen molar-refractivity contribution >= 4 is 17.2 Å². The number of carbonyl (C=O) groups is 1. The molecule has 1 fully saturated rings. The number of hydrogen-bond donors (Lipinski definition) is 0. The summed E-state index contributed by atoms with van der Waals surface area (Å²) in [6, 6.07) is 6.70. The number of amides is 1. The quantitative estimate of drug-likeness (QED) is 0.706. The monoisotopic (exact) mass is 370 g/mol. The van der Waals surface area contributed by atoms with Gasteiger partial charge in [-0.1, -0.05) is 12.1 Å². The highest BCUT2D eigenvalue weighted by Crippen LogP contribution is 2.27. The number of nitrogens with zero attached hydrogens (tertiary/aromatic N) is 4. The molecule has 26 heavy (non-hydrogen) atoms. The molecule has 1 aliphatic rings. The highest BCUT2D eigenvalue weighted by Gasteiger charge is 2.30. The van der Waals surface area contributed by atoms with Gasteiger partial charge in [-0.25, -0.2) is 9.37 Å². The van der Waals surface area contributed by atoms with Crippen LogP contribution in [0.15, 0.2) is 42.0 Å². The maximum Gasteiger partial charge on any atom is 0.273 e. The first-order valence-corrected chi connectivity index (χ1v) is 9.48. The molecule has 0 radical (unpaired) electrons. The van der Waals surface area contributed by atoms with Crippen molar-refractivity contribution in [1.82, 2.24) is 19.7 Å². The Labute approximate surface area is 155 Å². The average molecular weight is 370 g/mol. The number of thiazole rings is 1. The summed E-state index contributed by atoms with van der Waals surface area (Å²) in [5.41, 5.74) is 2.30. The van der Waals surface area contributed by atoms with E-state index in [0.29, 0.717) is 12.1 Å². The van der Waals surface area contributed by atoms with Gasteiger partial charge in [-0.05, 0) is 37.0 Å². The zero-order valence-corrected chi connectivity index (χ0v) is 15.2. The molecule has 0 N–H and O–H groups in total. The van der Waals surface area contributed by atoms with E-state index in [9.17, 15) is 9.18 Å². The molecule has 0 bridgehead atoms. The predicted octanol–water partition coefficient (Wildman–Crippen LogP) is 3.53. The normalized spacial score (nSPS) is 17.0. The molecule has 1 aromatic carbocycles. The SMILES string of the molecule is Cn1cc(-c2nc(C(=O)N3CCCC3Cc3cccc(F)c3)cs2)cn1. The average Bonchev–Trinajstić information content (AvgIpc) is 3.34. The fourth-order valence-electron chi connectivity index (χ4n) is 3.43. The van der Waals surface area contributed by atoms with Crippen LogP contribution in [0.25, 0.3) is 10.6 Å². The first-order chi connectivity index (χ1) is 12.6. The summed E-state index contributed by atoms with van der Waals surface area (Å²) in [5, 5.41) is 6.75. The lowest BCUT2D eigenvalue weighted by atomic mass is 10.0. The van der Waals surface area contributed by atoms with E-state index in [-0.39, 0.29) is 17.8 Å². The number of halogens is 1. The van der Waals surface area contributed by atoms with Crippen molar-refractivity contribution in [2.45, 2.75) is 25.3 Å². The Kier molecular flexibility index (Phi) is 4.55. The molecule has 1 unspecified atom stereocenters. The van der Waals surface area contributed by atoms with Gasteiger partial charge in [0, 0.05) is 36.8 Å². The van der Waals surface area contributed by atoms with Crippen LogP contribution in [-0.4, -0.2) is 38.2 Å². The molecule has 0 aliphatic carbocycles. The van der Waals surface area contributed by atoms with Gasteiger partial charge in [0.2, 0.25) is 0 Å². The fourth-order valence-corrected chi connectivity index (χ4v) is 4.20. The molecule has 1 amide bonds. The minimum atomic E-state index is -0.237. The minimum Gasteiger partial charge on any atom is -0.334 e. The summed E-state index contributed by atoms with van der Waals surface area (Å²) in [6.45, 7) is 0.721. The van der Waals surface area contributed by atoms with Crippen LogP contribution in [0.3, 0.4) is 0 Å². The van der Waals surface area contributed by atoms with Crippen molar-refractivity contribution in [1.29, 1.82) is 0 Å². The summed E-state index contributed by atoms with van der Waals surface area (Å²) in [6.07, 6.45) is 6.20. The molecule has 7 heteroatoms. The lowest BCUT2D eigenvalue weighted by molar-refractivity contribution is 0.0731. The van der Waals surface area contributed by atoms with Gasteiger partial charge in [0.25, 0.3) is 5.91 Å². The lowest BCUT2D eigenvalue weighted by Crippen LogP contribution is -2.37. The molecular weight excluding hydrogens is 351 g/mol. The molecule has 1 saturated heterocycles. The molecule has 3 heterocycles. The molecule has 5 nitrogen and oxygen atoms in total. The highest BCUT2D eigenvalue weighted by molar-refractivity contribution is 7.13. The second-order valence-electron chi connectivity index (χ2n) is 6.57. The van der Waals surface area contributed by atoms with E-state index in [1.807, 2.05) is 29.6 Å². The van der Waals surface area contributed by atoms with E-state index in [4.69, 9.17) is 0 Å². The number of aromatic nitrogens is 3. The summed E-state index contributed by atoms with van der Waals surface area (Å²) >= 11 is 1.45. The maximum absolute atomic E-state index is 13.4. The highest BCUT2D eigenvalue weighted by atomic mass is 32.1. The van der Waals surface area contributed by atoms with Crippen LogP contribution in [0.1, 0.15) is 28.9 Å².